The fourth-order valence-corrected chi connectivity index (χ4v) is 5.98. The zero-order chi connectivity index (χ0) is 31.6. The van der Waals surface area contributed by atoms with Crippen LogP contribution in [0.25, 0.3) is 43.1 Å². The van der Waals surface area contributed by atoms with Gasteiger partial charge in [-0.05, 0) is 80.2 Å². The molecule has 7 aromatic rings. The summed E-state index contributed by atoms with van der Waals surface area (Å²) >= 11 is 0. The highest BCUT2D eigenvalue weighted by Gasteiger charge is 2.16. The third kappa shape index (κ3) is 5.37. The van der Waals surface area contributed by atoms with Crippen molar-refractivity contribution < 1.29 is 9.59 Å². The van der Waals surface area contributed by atoms with Crippen LogP contribution in [-0.2, 0) is 0 Å². The van der Waals surface area contributed by atoms with Gasteiger partial charge >= 0.3 is 0 Å². The van der Waals surface area contributed by atoms with Crippen molar-refractivity contribution in [1.29, 1.82) is 0 Å². The zero-order valence-electron chi connectivity index (χ0n) is 25.4. The maximum atomic E-state index is 13.5. The number of hydrazone groups is 2. The lowest BCUT2D eigenvalue weighted by Gasteiger charge is -2.11. The lowest BCUT2D eigenvalue weighted by Crippen LogP contribution is -2.20. The van der Waals surface area contributed by atoms with Crippen molar-refractivity contribution in [2.75, 3.05) is 0 Å². The van der Waals surface area contributed by atoms with E-state index in [1.807, 2.05) is 135 Å². The third-order valence-corrected chi connectivity index (χ3v) is 8.37. The monoisotopic (exact) mass is 598 g/mol. The molecule has 0 aliphatic heterocycles. The van der Waals surface area contributed by atoms with Gasteiger partial charge in [0.2, 0.25) is 0 Å². The normalized spacial score (nSPS) is 12.1. The molecule has 222 valence electrons. The van der Waals surface area contributed by atoms with Crippen LogP contribution in [0.4, 0.5) is 0 Å². The molecular formula is C40H30N4O2. The molecule has 2 N–H and O–H groups in total. The fourth-order valence-electron chi connectivity index (χ4n) is 5.98. The summed E-state index contributed by atoms with van der Waals surface area (Å²) in [5.74, 6) is -0.525. The smallest absolute Gasteiger partial charge is 0.267 e. The SMILES string of the molecule is C/C(=N\NC(=O)c1c2ccccc2cc2ccccc12)c1ccc(/C(C)=N/NC(=O)c2c3ccccc3cc3ccccc23)cc1. The predicted molar refractivity (Wildman–Crippen MR) is 189 cm³/mol. The maximum Gasteiger partial charge on any atom is 0.272 e. The summed E-state index contributed by atoms with van der Waals surface area (Å²) in [7, 11) is 0. The van der Waals surface area contributed by atoms with Crippen LogP contribution in [0.1, 0.15) is 45.7 Å². The largest absolute Gasteiger partial charge is 0.272 e. The van der Waals surface area contributed by atoms with Gasteiger partial charge in [0, 0.05) is 0 Å². The van der Waals surface area contributed by atoms with Crippen LogP contribution in [-0.4, -0.2) is 23.2 Å². The molecule has 2 amide bonds. The average Bonchev–Trinajstić information content (AvgIpc) is 3.10. The molecule has 0 saturated carbocycles. The second-order valence-electron chi connectivity index (χ2n) is 11.2. The van der Waals surface area contributed by atoms with Gasteiger partial charge in [-0.3, -0.25) is 9.59 Å². The molecule has 0 spiro atoms. The van der Waals surface area contributed by atoms with Gasteiger partial charge in [0.25, 0.3) is 11.8 Å². The van der Waals surface area contributed by atoms with E-state index in [2.05, 4.69) is 33.2 Å². The molecule has 7 rings (SSSR count). The Morgan fingerprint density at radius 3 is 1.02 bits per heavy atom. The number of fused-ring (bicyclic) bond motifs is 4. The van der Waals surface area contributed by atoms with Crippen LogP contribution < -0.4 is 10.9 Å². The van der Waals surface area contributed by atoms with Gasteiger partial charge in [0.15, 0.2) is 0 Å². The van der Waals surface area contributed by atoms with Crippen LogP contribution >= 0.6 is 0 Å². The van der Waals surface area contributed by atoms with E-state index in [0.717, 1.165) is 54.2 Å². The number of carbonyl (C=O) groups is 2. The molecule has 0 unspecified atom stereocenters. The minimum absolute atomic E-state index is 0.262. The van der Waals surface area contributed by atoms with Crippen molar-refractivity contribution in [3.05, 3.63) is 156 Å². The average molecular weight is 599 g/mol. The Bertz CT molecular complexity index is 2100. The first-order valence-corrected chi connectivity index (χ1v) is 15.1. The fraction of sp³-hybridized carbons (Fsp3) is 0.0500. The molecule has 0 aliphatic carbocycles. The van der Waals surface area contributed by atoms with Gasteiger partial charge in [-0.25, -0.2) is 10.9 Å². The van der Waals surface area contributed by atoms with Gasteiger partial charge in [0.05, 0.1) is 22.6 Å². The van der Waals surface area contributed by atoms with Crippen molar-refractivity contribution in [3.8, 4) is 0 Å². The van der Waals surface area contributed by atoms with Crippen molar-refractivity contribution in [1.82, 2.24) is 10.9 Å². The Balaban J connectivity index is 1.09. The lowest BCUT2D eigenvalue weighted by molar-refractivity contribution is 0.0950. The number of rotatable bonds is 6. The van der Waals surface area contributed by atoms with E-state index in [9.17, 15) is 9.59 Å². The number of hydrogen-bond acceptors (Lipinski definition) is 4. The molecule has 0 bridgehead atoms. The van der Waals surface area contributed by atoms with E-state index in [1.54, 1.807) is 0 Å². The minimum Gasteiger partial charge on any atom is -0.267 e. The first-order valence-electron chi connectivity index (χ1n) is 15.1. The second kappa shape index (κ2) is 12.1. The Labute approximate surface area is 266 Å². The maximum absolute atomic E-state index is 13.5. The van der Waals surface area contributed by atoms with Crippen LogP contribution in [0.5, 0.6) is 0 Å². The van der Waals surface area contributed by atoms with Gasteiger partial charge in [-0.1, -0.05) is 121 Å². The van der Waals surface area contributed by atoms with Gasteiger partial charge in [-0.15, -0.1) is 0 Å². The molecule has 0 atom stereocenters. The van der Waals surface area contributed by atoms with Crippen molar-refractivity contribution in [2.24, 2.45) is 10.2 Å². The summed E-state index contributed by atoms with van der Waals surface area (Å²) in [5.41, 5.74) is 9.78. The first-order chi connectivity index (χ1) is 22.5. The van der Waals surface area contributed by atoms with E-state index in [-0.39, 0.29) is 11.8 Å². The quantitative estimate of drug-likeness (QED) is 0.114. The van der Waals surface area contributed by atoms with Crippen molar-refractivity contribution in [3.63, 3.8) is 0 Å². The summed E-state index contributed by atoms with van der Waals surface area (Å²) < 4.78 is 0. The minimum atomic E-state index is -0.262. The van der Waals surface area contributed by atoms with E-state index < -0.39 is 0 Å². The van der Waals surface area contributed by atoms with Gasteiger partial charge in [0.1, 0.15) is 0 Å². The molecule has 46 heavy (non-hydrogen) atoms. The number of carbonyl (C=O) groups excluding carboxylic acids is 2. The third-order valence-electron chi connectivity index (χ3n) is 8.37. The predicted octanol–water partition coefficient (Wildman–Crippen LogP) is 8.61. The molecule has 0 saturated heterocycles. The summed E-state index contributed by atoms with van der Waals surface area (Å²) in [6, 6.07) is 43.4. The highest BCUT2D eigenvalue weighted by Crippen LogP contribution is 2.30. The number of nitrogens with zero attached hydrogens (tertiary/aromatic N) is 2. The molecular weight excluding hydrogens is 568 g/mol. The van der Waals surface area contributed by atoms with Crippen LogP contribution in [0, 0.1) is 0 Å². The highest BCUT2D eigenvalue weighted by molar-refractivity contribution is 6.19. The molecule has 0 aromatic heterocycles. The summed E-state index contributed by atoms with van der Waals surface area (Å²) in [6.07, 6.45) is 0. The summed E-state index contributed by atoms with van der Waals surface area (Å²) in [4.78, 5) is 26.9. The Hall–Kier alpha value is -6.14. The molecule has 7 aromatic carbocycles. The van der Waals surface area contributed by atoms with Crippen molar-refractivity contribution >= 4 is 66.3 Å². The van der Waals surface area contributed by atoms with Crippen LogP contribution in [0.2, 0.25) is 0 Å². The molecule has 6 nitrogen and oxygen atoms in total. The molecule has 6 heteroatoms. The summed E-state index contributed by atoms with van der Waals surface area (Å²) in [6.45, 7) is 3.71. The van der Waals surface area contributed by atoms with Crippen LogP contribution in [0.15, 0.2) is 144 Å². The number of amides is 2. The second-order valence-corrected chi connectivity index (χ2v) is 11.2. The summed E-state index contributed by atoms with van der Waals surface area (Å²) in [5, 5.41) is 16.4. The first kappa shape index (κ1) is 28.6. The van der Waals surface area contributed by atoms with Gasteiger partial charge in [-0.2, -0.15) is 10.2 Å². The van der Waals surface area contributed by atoms with E-state index >= 15 is 0 Å². The molecule has 0 radical (unpaired) electrons. The van der Waals surface area contributed by atoms with E-state index in [1.165, 1.54) is 0 Å². The van der Waals surface area contributed by atoms with Crippen LogP contribution in [0.3, 0.4) is 0 Å². The van der Waals surface area contributed by atoms with E-state index in [0.29, 0.717) is 22.6 Å². The Morgan fingerprint density at radius 2 is 0.717 bits per heavy atom. The van der Waals surface area contributed by atoms with E-state index in [4.69, 9.17) is 0 Å². The number of benzene rings is 7. The van der Waals surface area contributed by atoms with Crippen molar-refractivity contribution in [2.45, 2.75) is 13.8 Å². The molecule has 0 aliphatic rings. The van der Waals surface area contributed by atoms with Gasteiger partial charge < -0.3 is 0 Å². The molecule has 0 heterocycles. The highest BCUT2D eigenvalue weighted by atomic mass is 16.2. The lowest BCUT2D eigenvalue weighted by atomic mass is 9.96. The topological polar surface area (TPSA) is 82.9 Å². The molecule has 0 fully saturated rings. The number of hydrogen-bond donors (Lipinski definition) is 2. The zero-order valence-corrected chi connectivity index (χ0v) is 25.4. The standard InChI is InChI=1S/C40H30N4O2/c1-25(41-43-39(45)37-33-15-7-3-11-29(33)23-30-12-4-8-16-34(30)37)27-19-21-28(22-20-27)26(2)42-44-40(46)38-35-17-9-5-13-31(35)24-32-14-6-10-18-36(32)38/h3-24H,1-2H3,(H,43,45)(H,44,46)/b41-25+,42-26+. The number of nitrogens with one attached hydrogen (secondary N) is 2. The Morgan fingerprint density at radius 1 is 0.435 bits per heavy atom. The Kier molecular flexibility index (Phi) is 7.53.